The lowest BCUT2D eigenvalue weighted by molar-refractivity contribution is -0.152. The van der Waals surface area contributed by atoms with Crippen molar-refractivity contribution in [3.63, 3.8) is 0 Å². The standard InChI is InChI=1S/C19H27N3O4/c1-11-5-4-6-16(12(11)2)22-9-14(7-18(22)24)19(25)26-10-17(23)15(8-20)13(3)21/h11-12,14-16,21H,4-7,9-10H2,1-3H3/t11-,12+,14+,15-,16-/m0/s1. The van der Waals surface area contributed by atoms with Gasteiger partial charge in [-0.2, -0.15) is 5.26 Å². The first-order valence-corrected chi connectivity index (χ1v) is 9.19. The number of Topliss-reactive ketones (excluding diaryl/α,β-unsaturated/α-hetero) is 1. The number of ketones is 1. The molecule has 0 unspecified atom stereocenters. The lowest BCUT2D eigenvalue weighted by Gasteiger charge is -2.39. The number of hydrogen-bond acceptors (Lipinski definition) is 6. The molecule has 0 aromatic carbocycles. The van der Waals surface area contributed by atoms with Crippen LogP contribution in [0, 0.1) is 40.4 Å². The quantitative estimate of drug-likeness (QED) is 0.574. The second kappa shape index (κ2) is 8.43. The van der Waals surface area contributed by atoms with Crippen molar-refractivity contribution in [3.8, 4) is 6.07 Å². The van der Waals surface area contributed by atoms with Crippen LogP contribution in [0.15, 0.2) is 0 Å². The number of likely N-dealkylation sites (tertiary alicyclic amines) is 1. The zero-order valence-electron chi connectivity index (χ0n) is 15.7. The molecule has 0 bridgehead atoms. The van der Waals surface area contributed by atoms with Crippen molar-refractivity contribution in [2.75, 3.05) is 13.2 Å². The van der Waals surface area contributed by atoms with Gasteiger partial charge >= 0.3 is 5.97 Å². The van der Waals surface area contributed by atoms with Gasteiger partial charge in [0.2, 0.25) is 5.91 Å². The van der Waals surface area contributed by atoms with Crippen LogP contribution in [0.3, 0.4) is 0 Å². The van der Waals surface area contributed by atoms with Crippen molar-refractivity contribution in [2.45, 2.75) is 52.5 Å². The number of rotatable bonds is 6. The molecule has 2 aliphatic rings. The van der Waals surface area contributed by atoms with Crippen LogP contribution in [0.1, 0.15) is 46.5 Å². The van der Waals surface area contributed by atoms with Crippen LogP contribution in [0.4, 0.5) is 0 Å². The summed E-state index contributed by atoms with van der Waals surface area (Å²) in [4.78, 5) is 38.3. The Hall–Kier alpha value is -2.23. The molecule has 2 fully saturated rings. The Morgan fingerprint density at radius 3 is 2.69 bits per heavy atom. The molecule has 1 heterocycles. The fraction of sp³-hybridized carbons (Fsp3) is 0.737. The molecule has 0 aromatic heterocycles. The van der Waals surface area contributed by atoms with Gasteiger partial charge in [0.05, 0.1) is 12.0 Å². The summed E-state index contributed by atoms with van der Waals surface area (Å²) in [5.41, 5.74) is -0.0730. The molecule has 0 aromatic rings. The lowest BCUT2D eigenvalue weighted by atomic mass is 9.77. The first-order valence-electron chi connectivity index (χ1n) is 9.19. The number of nitrogens with zero attached hydrogens (tertiary/aromatic N) is 2. The highest BCUT2D eigenvalue weighted by Gasteiger charge is 2.42. The Kier molecular flexibility index (Phi) is 6.52. The molecule has 142 valence electrons. The van der Waals surface area contributed by atoms with Crippen LogP contribution >= 0.6 is 0 Å². The maximum Gasteiger partial charge on any atom is 0.311 e. The second-order valence-electron chi connectivity index (χ2n) is 7.60. The van der Waals surface area contributed by atoms with Crippen LogP contribution in [0.5, 0.6) is 0 Å². The number of esters is 1. The van der Waals surface area contributed by atoms with E-state index in [1.807, 2.05) is 4.90 Å². The smallest absolute Gasteiger partial charge is 0.311 e. The average Bonchev–Trinajstić information content (AvgIpc) is 2.97. The molecule has 1 saturated carbocycles. The molecule has 1 aliphatic heterocycles. The summed E-state index contributed by atoms with van der Waals surface area (Å²) in [6.45, 7) is 5.53. The number of amides is 1. The molecule has 0 radical (unpaired) electrons. The Morgan fingerprint density at radius 2 is 2.08 bits per heavy atom. The highest BCUT2D eigenvalue weighted by atomic mass is 16.5. The highest BCUT2D eigenvalue weighted by Crippen LogP contribution is 2.35. The Bertz CT molecular complexity index is 639. The van der Waals surface area contributed by atoms with Gasteiger partial charge in [-0.1, -0.05) is 26.7 Å². The number of nitriles is 1. The Morgan fingerprint density at radius 1 is 1.38 bits per heavy atom. The number of carbonyl (C=O) groups is 3. The predicted octanol–water partition coefficient (Wildman–Crippen LogP) is 1.95. The first kappa shape index (κ1) is 20.1. The number of hydrogen-bond donors (Lipinski definition) is 1. The van der Waals surface area contributed by atoms with Crippen LogP contribution in [0.25, 0.3) is 0 Å². The molecular formula is C19H27N3O4. The van der Waals surface area contributed by atoms with E-state index in [0.717, 1.165) is 12.8 Å². The van der Waals surface area contributed by atoms with E-state index in [0.29, 0.717) is 18.4 Å². The summed E-state index contributed by atoms with van der Waals surface area (Å²) in [6.07, 6.45) is 3.32. The van der Waals surface area contributed by atoms with Gasteiger partial charge in [-0.25, -0.2) is 0 Å². The van der Waals surface area contributed by atoms with E-state index in [1.54, 1.807) is 6.07 Å². The molecule has 1 saturated heterocycles. The number of carbonyl (C=O) groups excluding carboxylic acids is 3. The maximum atomic E-state index is 12.4. The van der Waals surface area contributed by atoms with Crippen LogP contribution in [-0.4, -0.2) is 47.5 Å². The van der Waals surface area contributed by atoms with Gasteiger partial charge in [0, 0.05) is 24.7 Å². The summed E-state index contributed by atoms with van der Waals surface area (Å²) in [5, 5.41) is 16.3. The number of ether oxygens (including phenoxy) is 1. The monoisotopic (exact) mass is 361 g/mol. The van der Waals surface area contributed by atoms with Crippen LogP contribution in [-0.2, 0) is 19.1 Å². The molecule has 26 heavy (non-hydrogen) atoms. The summed E-state index contributed by atoms with van der Waals surface area (Å²) >= 11 is 0. The van der Waals surface area contributed by atoms with E-state index in [-0.39, 0.29) is 24.1 Å². The summed E-state index contributed by atoms with van der Waals surface area (Å²) < 4.78 is 5.04. The SMILES string of the molecule is CC(=N)[C@H](C#N)C(=O)COC(=O)[C@@H]1CC(=O)N([C@H]2CCC[C@H](C)[C@H]2C)C1. The second-order valence-corrected chi connectivity index (χ2v) is 7.60. The van der Waals surface area contributed by atoms with E-state index in [1.165, 1.54) is 13.3 Å². The predicted molar refractivity (Wildman–Crippen MR) is 94.3 cm³/mol. The van der Waals surface area contributed by atoms with Gasteiger partial charge < -0.3 is 15.0 Å². The molecule has 2 rings (SSSR count). The molecule has 1 aliphatic carbocycles. The normalized spacial score (nSPS) is 29.8. The maximum absolute atomic E-state index is 12.4. The molecule has 5 atom stereocenters. The largest absolute Gasteiger partial charge is 0.457 e. The molecule has 0 spiro atoms. The van der Waals surface area contributed by atoms with Crippen molar-refractivity contribution in [3.05, 3.63) is 0 Å². The van der Waals surface area contributed by atoms with E-state index >= 15 is 0 Å². The lowest BCUT2D eigenvalue weighted by Crippen LogP contribution is -2.45. The van der Waals surface area contributed by atoms with E-state index in [2.05, 4.69) is 13.8 Å². The van der Waals surface area contributed by atoms with E-state index in [9.17, 15) is 14.4 Å². The van der Waals surface area contributed by atoms with Gasteiger partial charge in [-0.05, 0) is 25.2 Å². The van der Waals surface area contributed by atoms with Gasteiger partial charge in [0.1, 0.15) is 5.92 Å². The molecule has 1 N–H and O–H groups in total. The molecule has 1 amide bonds. The fourth-order valence-electron chi connectivity index (χ4n) is 3.96. The molecule has 7 nitrogen and oxygen atoms in total. The van der Waals surface area contributed by atoms with Crippen LogP contribution in [0.2, 0.25) is 0 Å². The van der Waals surface area contributed by atoms with Gasteiger partial charge in [0.25, 0.3) is 0 Å². The van der Waals surface area contributed by atoms with Gasteiger partial charge in [-0.3, -0.25) is 14.4 Å². The number of nitrogens with one attached hydrogen (secondary N) is 1. The highest BCUT2D eigenvalue weighted by molar-refractivity contribution is 6.06. The Labute approximate surface area is 154 Å². The fourth-order valence-corrected chi connectivity index (χ4v) is 3.96. The van der Waals surface area contributed by atoms with Crippen molar-refractivity contribution < 1.29 is 19.1 Å². The summed E-state index contributed by atoms with van der Waals surface area (Å²) in [6, 6.07) is 1.89. The minimum absolute atomic E-state index is 0.0329. The zero-order valence-corrected chi connectivity index (χ0v) is 15.7. The molecule has 7 heteroatoms. The topological polar surface area (TPSA) is 111 Å². The first-order chi connectivity index (χ1) is 12.3. The zero-order chi connectivity index (χ0) is 19.4. The van der Waals surface area contributed by atoms with Gasteiger partial charge in [0.15, 0.2) is 12.4 Å². The molecular weight excluding hydrogens is 334 g/mol. The summed E-state index contributed by atoms with van der Waals surface area (Å²) in [5.74, 6) is -2.02. The minimum atomic E-state index is -1.19. The van der Waals surface area contributed by atoms with Crippen molar-refractivity contribution in [1.82, 2.24) is 4.90 Å². The van der Waals surface area contributed by atoms with E-state index in [4.69, 9.17) is 15.4 Å². The minimum Gasteiger partial charge on any atom is -0.457 e. The van der Waals surface area contributed by atoms with Crippen molar-refractivity contribution in [2.24, 2.45) is 23.7 Å². The third kappa shape index (κ3) is 4.29. The average molecular weight is 361 g/mol. The summed E-state index contributed by atoms with van der Waals surface area (Å²) in [7, 11) is 0. The van der Waals surface area contributed by atoms with E-state index < -0.39 is 30.2 Å². The Balaban J connectivity index is 1.91. The van der Waals surface area contributed by atoms with Crippen LogP contribution < -0.4 is 0 Å². The van der Waals surface area contributed by atoms with Crippen molar-refractivity contribution >= 4 is 23.4 Å². The van der Waals surface area contributed by atoms with Crippen molar-refractivity contribution in [1.29, 1.82) is 10.7 Å². The third-order valence-corrected chi connectivity index (χ3v) is 5.80. The third-order valence-electron chi connectivity index (χ3n) is 5.80. The van der Waals surface area contributed by atoms with Gasteiger partial charge in [-0.15, -0.1) is 0 Å².